The molecule has 1 aliphatic heterocycles. The van der Waals surface area contributed by atoms with Crippen molar-refractivity contribution in [3.05, 3.63) is 65.5 Å². The summed E-state index contributed by atoms with van der Waals surface area (Å²) in [4.78, 5) is 30.5. The van der Waals surface area contributed by atoms with Gasteiger partial charge in [-0.15, -0.1) is 0 Å². The van der Waals surface area contributed by atoms with Gasteiger partial charge in [-0.1, -0.05) is 12.1 Å². The van der Waals surface area contributed by atoms with E-state index in [1.807, 2.05) is 12.1 Å². The Morgan fingerprint density at radius 1 is 1.14 bits per heavy atom. The van der Waals surface area contributed by atoms with Crippen molar-refractivity contribution in [1.82, 2.24) is 9.88 Å². The van der Waals surface area contributed by atoms with Crippen molar-refractivity contribution in [3.63, 3.8) is 0 Å². The molecule has 4 N–H and O–H groups in total. The van der Waals surface area contributed by atoms with Crippen LogP contribution < -0.4 is 10.5 Å². The van der Waals surface area contributed by atoms with Gasteiger partial charge < -0.3 is 25.5 Å². The Bertz CT molecular complexity index is 1460. The molecule has 35 heavy (non-hydrogen) atoms. The van der Waals surface area contributed by atoms with Crippen molar-refractivity contribution in [2.75, 3.05) is 26.8 Å². The van der Waals surface area contributed by atoms with Gasteiger partial charge in [0.05, 0.1) is 18.2 Å². The molecule has 8 heteroatoms. The second-order valence-electron chi connectivity index (χ2n) is 8.99. The number of likely N-dealkylation sites (tertiary alicyclic amines) is 1. The number of ether oxygens (including phenoxy) is 1. The van der Waals surface area contributed by atoms with Gasteiger partial charge in [-0.2, -0.15) is 0 Å². The molecule has 1 fully saturated rings. The Morgan fingerprint density at radius 2 is 1.97 bits per heavy atom. The fourth-order valence-corrected chi connectivity index (χ4v) is 4.93. The molecule has 3 aromatic carbocycles. The fourth-order valence-electron chi connectivity index (χ4n) is 4.93. The zero-order chi connectivity index (χ0) is 24.7. The number of nitrogens with two attached hydrogens (primary N) is 1. The summed E-state index contributed by atoms with van der Waals surface area (Å²) < 4.78 is 19.4. The standard InChI is InChI=1S/C27H26FN3O4/c1-35-24-7-5-16(11-22(24)28)18-9-20-19-6-4-17(27(34)31-8-2-3-15(13-31)14-32)12-23(19)30-25(20)21(10-18)26(29)33/h4-7,9-12,15,30,32H,2-3,8,13-14H2,1H3,(H2,29,33). The third kappa shape index (κ3) is 4.10. The van der Waals surface area contributed by atoms with Gasteiger partial charge in [-0.05, 0) is 66.3 Å². The van der Waals surface area contributed by atoms with Gasteiger partial charge in [0.2, 0.25) is 0 Å². The minimum atomic E-state index is -0.614. The molecule has 0 aliphatic carbocycles. The number of fused-ring (bicyclic) bond motifs is 3. The highest BCUT2D eigenvalue weighted by Crippen LogP contribution is 2.34. The van der Waals surface area contributed by atoms with Gasteiger partial charge in [0, 0.05) is 41.5 Å². The van der Waals surface area contributed by atoms with Crippen LogP contribution in [0.1, 0.15) is 33.6 Å². The van der Waals surface area contributed by atoms with E-state index in [0.717, 1.165) is 23.6 Å². The van der Waals surface area contributed by atoms with Gasteiger partial charge in [-0.3, -0.25) is 9.59 Å². The number of aliphatic hydroxyl groups excluding tert-OH is 1. The molecule has 1 atom stereocenters. The highest BCUT2D eigenvalue weighted by atomic mass is 19.1. The van der Waals surface area contributed by atoms with E-state index in [1.165, 1.54) is 19.2 Å². The summed E-state index contributed by atoms with van der Waals surface area (Å²) in [5, 5.41) is 11.1. The van der Waals surface area contributed by atoms with Gasteiger partial charge >= 0.3 is 0 Å². The summed E-state index contributed by atoms with van der Waals surface area (Å²) in [6, 6.07) is 13.5. The Balaban J connectivity index is 1.59. The third-order valence-electron chi connectivity index (χ3n) is 6.77. The average Bonchev–Trinajstić information content (AvgIpc) is 3.25. The predicted molar refractivity (Wildman–Crippen MR) is 132 cm³/mol. The maximum absolute atomic E-state index is 14.4. The summed E-state index contributed by atoms with van der Waals surface area (Å²) in [5.74, 6) is -0.976. The predicted octanol–water partition coefficient (Wildman–Crippen LogP) is 4.08. The number of aromatic nitrogens is 1. The van der Waals surface area contributed by atoms with Crippen LogP contribution in [0.5, 0.6) is 5.75 Å². The monoisotopic (exact) mass is 475 g/mol. The zero-order valence-electron chi connectivity index (χ0n) is 19.3. The molecule has 1 saturated heterocycles. The Hall–Kier alpha value is -3.91. The molecular weight excluding hydrogens is 449 g/mol. The van der Waals surface area contributed by atoms with Crippen LogP contribution in [0.3, 0.4) is 0 Å². The van der Waals surface area contributed by atoms with E-state index in [0.29, 0.717) is 40.8 Å². The van der Waals surface area contributed by atoms with Crippen molar-refractivity contribution < 1.29 is 23.8 Å². The van der Waals surface area contributed by atoms with Crippen LogP contribution in [0.25, 0.3) is 32.9 Å². The summed E-state index contributed by atoms with van der Waals surface area (Å²) in [5.41, 5.74) is 8.97. The molecule has 1 aromatic heterocycles. The van der Waals surface area contributed by atoms with Crippen LogP contribution in [-0.4, -0.2) is 53.6 Å². The molecule has 0 radical (unpaired) electrons. The lowest BCUT2D eigenvalue weighted by atomic mass is 9.97. The summed E-state index contributed by atoms with van der Waals surface area (Å²) in [7, 11) is 1.40. The van der Waals surface area contributed by atoms with Crippen LogP contribution in [-0.2, 0) is 0 Å². The number of carbonyl (C=O) groups excluding carboxylic acids is 2. The minimum absolute atomic E-state index is 0.0706. The Labute approximate surface area is 201 Å². The molecule has 5 rings (SSSR count). The zero-order valence-corrected chi connectivity index (χ0v) is 19.3. The number of hydrogen-bond acceptors (Lipinski definition) is 4. The molecule has 7 nitrogen and oxygen atoms in total. The van der Waals surface area contributed by atoms with Gasteiger partial charge in [0.15, 0.2) is 11.6 Å². The van der Waals surface area contributed by atoms with E-state index in [1.54, 1.807) is 29.2 Å². The quantitative estimate of drug-likeness (QED) is 0.404. The van der Waals surface area contributed by atoms with Crippen molar-refractivity contribution in [2.24, 2.45) is 11.7 Å². The topological polar surface area (TPSA) is 109 Å². The van der Waals surface area contributed by atoms with Gasteiger partial charge in [0.25, 0.3) is 11.8 Å². The first-order valence-electron chi connectivity index (χ1n) is 11.5. The first kappa shape index (κ1) is 22.9. The average molecular weight is 476 g/mol. The lowest BCUT2D eigenvalue weighted by Gasteiger charge is -2.31. The van der Waals surface area contributed by atoms with Crippen molar-refractivity contribution in [2.45, 2.75) is 12.8 Å². The number of piperidine rings is 1. The molecule has 1 aliphatic rings. The van der Waals surface area contributed by atoms with E-state index in [4.69, 9.17) is 10.5 Å². The third-order valence-corrected chi connectivity index (χ3v) is 6.77. The number of benzene rings is 3. The first-order chi connectivity index (χ1) is 16.9. The molecule has 1 unspecified atom stereocenters. The summed E-state index contributed by atoms with van der Waals surface area (Å²) in [6.45, 7) is 1.27. The maximum atomic E-state index is 14.4. The number of halogens is 1. The number of amides is 2. The molecular formula is C27H26FN3O4. The molecule has 0 spiro atoms. The van der Waals surface area contributed by atoms with E-state index in [9.17, 15) is 19.1 Å². The Morgan fingerprint density at radius 3 is 2.69 bits per heavy atom. The van der Waals surface area contributed by atoms with Crippen molar-refractivity contribution in [3.8, 4) is 16.9 Å². The number of methoxy groups -OCH3 is 1. The smallest absolute Gasteiger partial charge is 0.253 e. The highest BCUT2D eigenvalue weighted by Gasteiger charge is 2.25. The number of hydrogen-bond donors (Lipinski definition) is 3. The van der Waals surface area contributed by atoms with E-state index in [2.05, 4.69) is 4.98 Å². The molecule has 180 valence electrons. The molecule has 0 saturated carbocycles. The number of nitrogens with zero attached hydrogens (tertiary/aromatic N) is 1. The highest BCUT2D eigenvalue weighted by molar-refractivity contribution is 6.17. The number of rotatable bonds is 5. The summed E-state index contributed by atoms with van der Waals surface area (Å²) in [6.07, 6.45) is 1.78. The minimum Gasteiger partial charge on any atom is -0.494 e. The number of nitrogens with one attached hydrogen (secondary N) is 1. The van der Waals surface area contributed by atoms with Crippen LogP contribution >= 0.6 is 0 Å². The lowest BCUT2D eigenvalue weighted by molar-refractivity contribution is 0.0620. The van der Waals surface area contributed by atoms with Crippen LogP contribution in [0.2, 0.25) is 0 Å². The molecule has 2 amide bonds. The fraction of sp³-hybridized carbons (Fsp3) is 0.259. The van der Waals surface area contributed by atoms with Crippen molar-refractivity contribution in [1.29, 1.82) is 0 Å². The number of H-pyrrole nitrogens is 1. The molecule has 2 heterocycles. The van der Waals surface area contributed by atoms with Gasteiger partial charge in [-0.25, -0.2) is 4.39 Å². The van der Waals surface area contributed by atoms with Crippen LogP contribution in [0.15, 0.2) is 48.5 Å². The number of aromatic amines is 1. The lowest BCUT2D eigenvalue weighted by Crippen LogP contribution is -2.40. The van der Waals surface area contributed by atoms with E-state index in [-0.39, 0.29) is 29.7 Å². The number of carbonyl (C=O) groups is 2. The SMILES string of the molecule is COc1ccc(-c2cc(C(N)=O)c3[nH]c4cc(C(=O)N5CCCC(CO)C5)ccc4c3c2)cc1F. The number of primary amides is 1. The molecule has 4 aromatic rings. The number of aliphatic hydroxyl groups is 1. The van der Waals surface area contributed by atoms with Gasteiger partial charge in [0.1, 0.15) is 0 Å². The maximum Gasteiger partial charge on any atom is 0.253 e. The van der Waals surface area contributed by atoms with Crippen LogP contribution in [0, 0.1) is 11.7 Å². The second-order valence-corrected chi connectivity index (χ2v) is 8.99. The van der Waals surface area contributed by atoms with Crippen LogP contribution in [0.4, 0.5) is 4.39 Å². The largest absolute Gasteiger partial charge is 0.494 e. The Kier molecular flexibility index (Phi) is 5.90. The van der Waals surface area contributed by atoms with E-state index >= 15 is 0 Å². The molecule has 0 bridgehead atoms. The summed E-state index contributed by atoms with van der Waals surface area (Å²) >= 11 is 0. The normalized spacial score (nSPS) is 16.1. The van der Waals surface area contributed by atoms with E-state index < -0.39 is 11.7 Å². The first-order valence-corrected chi connectivity index (χ1v) is 11.5. The second kappa shape index (κ2) is 9.03. The van der Waals surface area contributed by atoms with Crippen molar-refractivity contribution >= 4 is 33.6 Å².